The second kappa shape index (κ2) is 7.05. The monoisotopic (exact) mass is 315 g/mol. The molecule has 0 N–H and O–H groups in total. The Hall–Kier alpha value is -1.68. The van der Waals surface area contributed by atoms with E-state index < -0.39 is 0 Å². The summed E-state index contributed by atoms with van der Waals surface area (Å²) in [6.07, 6.45) is 0. The highest BCUT2D eigenvalue weighted by molar-refractivity contribution is 6.30. The van der Waals surface area contributed by atoms with Gasteiger partial charge in [0, 0.05) is 35.8 Å². The van der Waals surface area contributed by atoms with Gasteiger partial charge in [-0.15, -0.1) is 0 Å². The van der Waals surface area contributed by atoms with E-state index in [1.807, 2.05) is 24.3 Å². The first kappa shape index (κ1) is 15.2. The molecule has 0 saturated carbocycles. The van der Waals surface area contributed by atoms with Crippen molar-refractivity contribution in [2.75, 3.05) is 26.3 Å². The van der Waals surface area contributed by atoms with Crippen LogP contribution in [0.15, 0.2) is 48.5 Å². The van der Waals surface area contributed by atoms with Crippen molar-refractivity contribution < 1.29 is 9.53 Å². The van der Waals surface area contributed by atoms with Gasteiger partial charge in [0.05, 0.1) is 13.2 Å². The molecule has 22 heavy (non-hydrogen) atoms. The number of rotatable bonds is 4. The standard InChI is InChI=1S/C18H18ClNO2/c19-16-7-5-14(6-8-16)18(21)17-4-2-1-3-15(17)13-20-9-11-22-12-10-20/h1-8H,9-13H2. The van der Waals surface area contributed by atoms with Gasteiger partial charge in [0.1, 0.15) is 0 Å². The Balaban J connectivity index is 1.83. The first-order valence-corrected chi connectivity index (χ1v) is 7.80. The number of hydrogen-bond donors (Lipinski definition) is 0. The zero-order valence-corrected chi connectivity index (χ0v) is 13.1. The minimum atomic E-state index is 0.0422. The first-order valence-electron chi connectivity index (χ1n) is 7.42. The Morgan fingerprint density at radius 2 is 1.73 bits per heavy atom. The molecular formula is C18H18ClNO2. The van der Waals surface area contributed by atoms with Crippen molar-refractivity contribution in [3.8, 4) is 0 Å². The van der Waals surface area contributed by atoms with Gasteiger partial charge in [-0.05, 0) is 29.8 Å². The summed E-state index contributed by atoms with van der Waals surface area (Å²) in [5.74, 6) is 0.0422. The van der Waals surface area contributed by atoms with Crippen molar-refractivity contribution in [3.63, 3.8) is 0 Å². The SMILES string of the molecule is O=C(c1ccc(Cl)cc1)c1ccccc1CN1CCOCC1. The fourth-order valence-electron chi connectivity index (χ4n) is 2.64. The van der Waals surface area contributed by atoms with Crippen LogP contribution in [0.1, 0.15) is 21.5 Å². The Morgan fingerprint density at radius 1 is 1.05 bits per heavy atom. The molecule has 3 rings (SSSR count). The summed E-state index contributed by atoms with van der Waals surface area (Å²) in [5.41, 5.74) is 2.49. The van der Waals surface area contributed by atoms with Gasteiger partial charge in [0.25, 0.3) is 0 Å². The topological polar surface area (TPSA) is 29.5 Å². The van der Waals surface area contributed by atoms with Gasteiger partial charge in [-0.2, -0.15) is 0 Å². The number of carbonyl (C=O) groups is 1. The van der Waals surface area contributed by atoms with E-state index in [1.165, 1.54) is 0 Å². The summed E-state index contributed by atoms with van der Waals surface area (Å²) in [6.45, 7) is 4.10. The molecule has 1 heterocycles. The fourth-order valence-corrected chi connectivity index (χ4v) is 2.76. The normalized spacial score (nSPS) is 15.7. The van der Waals surface area contributed by atoms with E-state index in [0.29, 0.717) is 10.6 Å². The van der Waals surface area contributed by atoms with Crippen LogP contribution in [0.4, 0.5) is 0 Å². The molecule has 1 fully saturated rings. The van der Waals surface area contributed by atoms with Crippen molar-refractivity contribution in [2.24, 2.45) is 0 Å². The van der Waals surface area contributed by atoms with Crippen LogP contribution in [0.5, 0.6) is 0 Å². The third-order valence-electron chi connectivity index (χ3n) is 3.87. The van der Waals surface area contributed by atoms with Gasteiger partial charge in [0.15, 0.2) is 5.78 Å². The largest absolute Gasteiger partial charge is 0.379 e. The van der Waals surface area contributed by atoms with Crippen LogP contribution in [0, 0.1) is 0 Å². The molecule has 1 saturated heterocycles. The van der Waals surface area contributed by atoms with Crippen LogP contribution < -0.4 is 0 Å². The first-order chi connectivity index (χ1) is 10.7. The van der Waals surface area contributed by atoms with E-state index >= 15 is 0 Å². The van der Waals surface area contributed by atoms with Crippen molar-refractivity contribution >= 4 is 17.4 Å². The molecule has 3 nitrogen and oxygen atoms in total. The van der Waals surface area contributed by atoms with Crippen molar-refractivity contribution in [2.45, 2.75) is 6.54 Å². The number of nitrogens with zero attached hydrogens (tertiary/aromatic N) is 1. The average Bonchev–Trinajstić information content (AvgIpc) is 2.56. The predicted molar refractivity (Wildman–Crippen MR) is 87.4 cm³/mol. The van der Waals surface area contributed by atoms with Gasteiger partial charge >= 0.3 is 0 Å². The minimum absolute atomic E-state index is 0.0422. The summed E-state index contributed by atoms with van der Waals surface area (Å²) < 4.78 is 5.37. The van der Waals surface area contributed by atoms with Crippen LogP contribution in [0.3, 0.4) is 0 Å². The molecule has 1 aliphatic heterocycles. The third-order valence-corrected chi connectivity index (χ3v) is 4.12. The Morgan fingerprint density at radius 3 is 2.45 bits per heavy atom. The van der Waals surface area contributed by atoms with E-state index in [-0.39, 0.29) is 5.78 Å². The summed E-state index contributed by atoms with van der Waals surface area (Å²) >= 11 is 5.89. The zero-order valence-electron chi connectivity index (χ0n) is 12.3. The molecule has 2 aromatic carbocycles. The molecular weight excluding hydrogens is 298 g/mol. The van der Waals surface area contributed by atoms with Crippen molar-refractivity contribution in [1.29, 1.82) is 0 Å². The van der Waals surface area contributed by atoms with Gasteiger partial charge in [-0.3, -0.25) is 9.69 Å². The van der Waals surface area contributed by atoms with E-state index in [2.05, 4.69) is 4.90 Å². The quantitative estimate of drug-likeness (QED) is 0.810. The highest BCUT2D eigenvalue weighted by atomic mass is 35.5. The molecule has 0 unspecified atom stereocenters. The van der Waals surface area contributed by atoms with Crippen LogP contribution >= 0.6 is 11.6 Å². The van der Waals surface area contributed by atoms with Crippen molar-refractivity contribution in [3.05, 3.63) is 70.2 Å². The third kappa shape index (κ3) is 3.55. The zero-order chi connectivity index (χ0) is 15.4. The summed E-state index contributed by atoms with van der Waals surface area (Å²) in [4.78, 5) is 15.1. The molecule has 4 heteroatoms. The smallest absolute Gasteiger partial charge is 0.193 e. The molecule has 1 aliphatic rings. The van der Waals surface area contributed by atoms with E-state index in [0.717, 1.165) is 44.0 Å². The van der Waals surface area contributed by atoms with Crippen LogP contribution in [-0.4, -0.2) is 37.0 Å². The van der Waals surface area contributed by atoms with E-state index in [1.54, 1.807) is 24.3 Å². The summed E-state index contributed by atoms with van der Waals surface area (Å²) in [7, 11) is 0. The lowest BCUT2D eigenvalue weighted by Crippen LogP contribution is -2.36. The summed E-state index contributed by atoms with van der Waals surface area (Å²) in [6, 6.07) is 14.9. The number of hydrogen-bond acceptors (Lipinski definition) is 3. The molecule has 0 bridgehead atoms. The predicted octanol–water partition coefficient (Wildman–Crippen LogP) is 3.40. The molecule has 2 aromatic rings. The van der Waals surface area contributed by atoms with Gasteiger partial charge in [-0.1, -0.05) is 35.9 Å². The molecule has 0 aromatic heterocycles. The lowest BCUT2D eigenvalue weighted by molar-refractivity contribution is 0.0341. The average molecular weight is 316 g/mol. The molecule has 0 amide bonds. The van der Waals surface area contributed by atoms with Crippen molar-refractivity contribution in [1.82, 2.24) is 4.90 Å². The molecule has 114 valence electrons. The number of carbonyl (C=O) groups excluding carboxylic acids is 1. The summed E-state index contributed by atoms with van der Waals surface area (Å²) in [5, 5.41) is 0.637. The Kier molecular flexibility index (Phi) is 4.88. The van der Waals surface area contributed by atoms with E-state index in [9.17, 15) is 4.79 Å². The van der Waals surface area contributed by atoms with Crippen LogP contribution in [0.25, 0.3) is 0 Å². The molecule has 0 atom stereocenters. The second-order valence-corrected chi connectivity index (χ2v) is 5.82. The van der Waals surface area contributed by atoms with Crippen LogP contribution in [0.2, 0.25) is 5.02 Å². The maximum atomic E-state index is 12.7. The number of halogens is 1. The maximum Gasteiger partial charge on any atom is 0.193 e. The number of ketones is 1. The molecule has 0 aliphatic carbocycles. The number of benzene rings is 2. The van der Waals surface area contributed by atoms with Gasteiger partial charge < -0.3 is 4.74 Å². The lowest BCUT2D eigenvalue weighted by atomic mass is 9.98. The number of morpholine rings is 1. The van der Waals surface area contributed by atoms with Crippen LogP contribution in [-0.2, 0) is 11.3 Å². The van der Waals surface area contributed by atoms with E-state index in [4.69, 9.17) is 16.3 Å². The van der Waals surface area contributed by atoms with Gasteiger partial charge in [0.2, 0.25) is 0 Å². The fraction of sp³-hybridized carbons (Fsp3) is 0.278. The minimum Gasteiger partial charge on any atom is -0.379 e. The maximum absolute atomic E-state index is 12.7. The number of ether oxygens (including phenoxy) is 1. The highest BCUT2D eigenvalue weighted by Gasteiger charge is 2.17. The Bertz CT molecular complexity index is 648. The molecule has 0 radical (unpaired) electrons. The Labute approximate surface area is 135 Å². The van der Waals surface area contributed by atoms with Gasteiger partial charge in [-0.25, -0.2) is 0 Å². The lowest BCUT2D eigenvalue weighted by Gasteiger charge is -2.27. The second-order valence-electron chi connectivity index (χ2n) is 5.38. The molecule has 0 spiro atoms. The highest BCUT2D eigenvalue weighted by Crippen LogP contribution is 2.18.